The molecule has 0 atom stereocenters. The topological polar surface area (TPSA) is 76.1 Å². The molecule has 3 aliphatic rings. The number of hydrogen-bond donors (Lipinski definition) is 1. The minimum absolute atomic E-state index is 0.0821. The minimum Gasteiger partial charge on any atom is -0.490 e. The van der Waals surface area contributed by atoms with Crippen LogP contribution in [-0.4, -0.2) is 48.2 Å². The second-order valence-corrected chi connectivity index (χ2v) is 10.4. The number of benzene rings is 2. The molecule has 1 saturated heterocycles. The summed E-state index contributed by atoms with van der Waals surface area (Å²) in [5.41, 5.74) is 7.76. The third-order valence-electron chi connectivity index (χ3n) is 8.28. The Hall–Kier alpha value is -2.93. The largest absolute Gasteiger partial charge is 0.490 e. The van der Waals surface area contributed by atoms with Crippen LogP contribution in [0.1, 0.15) is 58.2 Å². The Kier molecular flexibility index (Phi) is 6.77. The summed E-state index contributed by atoms with van der Waals surface area (Å²) < 4.78 is 26.4. The van der Waals surface area contributed by atoms with Crippen LogP contribution < -0.4 is 4.74 Å². The maximum atomic E-state index is 15.2. The molecule has 0 unspecified atom stereocenters. The number of fused-ring (bicyclic) bond motifs is 2. The highest BCUT2D eigenvalue weighted by Gasteiger charge is 2.32. The molecule has 6 nitrogen and oxygen atoms in total. The second-order valence-electron chi connectivity index (χ2n) is 10.4. The number of hydrogen-bond acceptors (Lipinski definition) is 4. The van der Waals surface area contributed by atoms with Gasteiger partial charge in [0.05, 0.1) is 19.4 Å². The zero-order valence-corrected chi connectivity index (χ0v) is 21.3. The Morgan fingerprint density at radius 2 is 1.83 bits per heavy atom. The summed E-state index contributed by atoms with van der Waals surface area (Å²) in [6.07, 6.45) is 3.55. The molecule has 0 spiro atoms. The molecule has 0 aliphatic carbocycles. The number of amides is 1. The summed E-state index contributed by atoms with van der Waals surface area (Å²) in [5.74, 6) is -0.519. The number of carboxylic acids is 1. The molecular weight excluding hydrogens is 461 g/mol. The van der Waals surface area contributed by atoms with Gasteiger partial charge in [-0.15, -0.1) is 0 Å². The maximum Gasteiger partial charge on any atom is 0.307 e. The lowest BCUT2D eigenvalue weighted by molar-refractivity contribution is -0.136. The molecule has 0 bridgehead atoms. The van der Waals surface area contributed by atoms with Gasteiger partial charge in [0.1, 0.15) is 0 Å². The molecule has 1 N–H and O–H groups in total. The Labute approximate surface area is 211 Å². The highest BCUT2D eigenvalue weighted by Crippen LogP contribution is 2.43. The first kappa shape index (κ1) is 24.8. The maximum absolute atomic E-state index is 15.2. The van der Waals surface area contributed by atoms with Gasteiger partial charge in [-0.2, -0.15) is 0 Å². The number of aliphatic carboxylic acids is 1. The van der Waals surface area contributed by atoms with Crippen molar-refractivity contribution < 1.29 is 28.6 Å². The van der Waals surface area contributed by atoms with Crippen LogP contribution in [0.4, 0.5) is 4.39 Å². The summed E-state index contributed by atoms with van der Waals surface area (Å²) in [5, 5.41) is 9.77. The molecule has 3 aliphatic heterocycles. The van der Waals surface area contributed by atoms with Crippen molar-refractivity contribution in [3.63, 3.8) is 0 Å². The Morgan fingerprint density at radius 3 is 2.56 bits per heavy atom. The predicted molar refractivity (Wildman–Crippen MR) is 134 cm³/mol. The normalized spacial score (nSPS) is 18.0. The lowest BCUT2D eigenvalue weighted by Crippen LogP contribution is -2.41. The molecule has 5 rings (SSSR count). The fourth-order valence-corrected chi connectivity index (χ4v) is 6.26. The van der Waals surface area contributed by atoms with E-state index in [1.165, 1.54) is 6.07 Å². The molecule has 0 saturated carbocycles. The zero-order chi connectivity index (χ0) is 25.6. The van der Waals surface area contributed by atoms with Gasteiger partial charge in [-0.25, -0.2) is 4.39 Å². The molecular formula is C29H34FNO5. The molecule has 0 aromatic heterocycles. The van der Waals surface area contributed by atoms with Gasteiger partial charge < -0.3 is 19.5 Å². The monoisotopic (exact) mass is 495 g/mol. The van der Waals surface area contributed by atoms with Crippen molar-refractivity contribution in [2.75, 3.05) is 26.4 Å². The van der Waals surface area contributed by atoms with Crippen LogP contribution in [0.25, 0.3) is 11.1 Å². The predicted octanol–water partition coefficient (Wildman–Crippen LogP) is 4.68. The van der Waals surface area contributed by atoms with Crippen molar-refractivity contribution in [1.82, 2.24) is 4.90 Å². The van der Waals surface area contributed by atoms with Crippen LogP contribution in [-0.2, 0) is 40.1 Å². The van der Waals surface area contributed by atoms with Crippen LogP contribution >= 0.6 is 0 Å². The first-order valence-electron chi connectivity index (χ1n) is 12.9. The summed E-state index contributed by atoms with van der Waals surface area (Å²) in [6.45, 7) is 9.05. The molecule has 36 heavy (non-hydrogen) atoms. The van der Waals surface area contributed by atoms with E-state index in [2.05, 4.69) is 0 Å². The summed E-state index contributed by atoms with van der Waals surface area (Å²) >= 11 is 0. The molecule has 1 fully saturated rings. The molecule has 3 heterocycles. The summed E-state index contributed by atoms with van der Waals surface area (Å²) in [4.78, 5) is 27.0. The van der Waals surface area contributed by atoms with Gasteiger partial charge in [-0.3, -0.25) is 9.59 Å². The fraction of sp³-hybridized carbons (Fsp3) is 0.517. The van der Waals surface area contributed by atoms with Crippen molar-refractivity contribution in [1.29, 1.82) is 0 Å². The molecule has 2 aromatic carbocycles. The van der Waals surface area contributed by atoms with Crippen LogP contribution in [0.2, 0.25) is 0 Å². The van der Waals surface area contributed by atoms with Gasteiger partial charge in [0.15, 0.2) is 11.6 Å². The fourth-order valence-electron chi connectivity index (χ4n) is 6.26. The van der Waals surface area contributed by atoms with E-state index >= 15 is 4.39 Å². The quantitative estimate of drug-likeness (QED) is 0.652. The Bertz CT molecular complexity index is 1230. The van der Waals surface area contributed by atoms with Crippen molar-refractivity contribution in [3.05, 3.63) is 50.8 Å². The zero-order valence-electron chi connectivity index (χ0n) is 21.3. The lowest BCUT2D eigenvalue weighted by Gasteiger charge is -2.36. The van der Waals surface area contributed by atoms with Gasteiger partial charge in [-0.05, 0) is 103 Å². The van der Waals surface area contributed by atoms with E-state index in [0.717, 1.165) is 83.4 Å². The number of ether oxygens (including phenoxy) is 2. The SMILES string of the molecule is Cc1c(-c2c(C)c3c(c(C)c2CC(=O)O)CC(=O)N(CC2CCOCC2)C3)cc(F)c2c1CCCO2. The number of carbonyl (C=O) groups is 2. The van der Waals surface area contributed by atoms with Gasteiger partial charge in [0, 0.05) is 31.9 Å². The van der Waals surface area contributed by atoms with Crippen molar-refractivity contribution in [2.24, 2.45) is 5.92 Å². The first-order valence-corrected chi connectivity index (χ1v) is 12.9. The summed E-state index contributed by atoms with van der Waals surface area (Å²) in [6, 6.07) is 1.51. The van der Waals surface area contributed by atoms with Gasteiger partial charge in [0.2, 0.25) is 5.91 Å². The van der Waals surface area contributed by atoms with Crippen LogP contribution in [0.5, 0.6) is 5.75 Å². The van der Waals surface area contributed by atoms with E-state index in [1.807, 2.05) is 25.7 Å². The third-order valence-corrected chi connectivity index (χ3v) is 8.28. The van der Waals surface area contributed by atoms with E-state index in [4.69, 9.17) is 9.47 Å². The highest BCUT2D eigenvalue weighted by atomic mass is 19.1. The number of carboxylic acid groups (broad SMARTS) is 1. The highest BCUT2D eigenvalue weighted by molar-refractivity contribution is 5.87. The number of nitrogens with zero attached hydrogens (tertiary/aromatic N) is 1. The molecule has 0 radical (unpaired) electrons. The van der Waals surface area contributed by atoms with Crippen LogP contribution in [0.3, 0.4) is 0 Å². The van der Waals surface area contributed by atoms with Gasteiger partial charge in [0.25, 0.3) is 0 Å². The Balaban J connectivity index is 1.64. The van der Waals surface area contributed by atoms with Gasteiger partial charge >= 0.3 is 5.97 Å². The van der Waals surface area contributed by atoms with Crippen molar-refractivity contribution >= 4 is 11.9 Å². The minimum atomic E-state index is -0.943. The molecule has 192 valence electrons. The molecule has 2 aromatic rings. The van der Waals surface area contributed by atoms with E-state index in [0.29, 0.717) is 36.9 Å². The first-order chi connectivity index (χ1) is 17.3. The lowest BCUT2D eigenvalue weighted by atomic mass is 9.79. The Morgan fingerprint density at radius 1 is 1.08 bits per heavy atom. The van der Waals surface area contributed by atoms with Crippen LogP contribution in [0, 0.1) is 32.5 Å². The number of carbonyl (C=O) groups excluding carboxylic acids is 1. The molecule has 1 amide bonds. The average Bonchev–Trinajstić information content (AvgIpc) is 2.86. The van der Waals surface area contributed by atoms with Crippen LogP contribution in [0.15, 0.2) is 6.07 Å². The van der Waals surface area contributed by atoms with E-state index in [1.54, 1.807) is 0 Å². The van der Waals surface area contributed by atoms with E-state index in [9.17, 15) is 14.7 Å². The average molecular weight is 496 g/mol. The smallest absolute Gasteiger partial charge is 0.307 e. The second kappa shape index (κ2) is 9.85. The standard InChI is InChI=1S/C29H34FNO5/c1-16-20-5-4-8-36-29(20)25(30)11-22(16)28-18(3)24-15-31(14-19-6-9-35-10-7-19)26(32)12-21(24)17(2)23(28)13-27(33)34/h11,19H,4-10,12-15H2,1-3H3,(H,33,34). The van der Waals surface area contributed by atoms with E-state index in [-0.39, 0.29) is 18.7 Å². The van der Waals surface area contributed by atoms with Crippen molar-refractivity contribution in [2.45, 2.75) is 65.8 Å². The molecule has 7 heteroatoms. The summed E-state index contributed by atoms with van der Waals surface area (Å²) in [7, 11) is 0. The van der Waals surface area contributed by atoms with Crippen molar-refractivity contribution in [3.8, 4) is 16.9 Å². The third kappa shape index (κ3) is 4.38. The van der Waals surface area contributed by atoms with Gasteiger partial charge in [-0.1, -0.05) is 0 Å². The number of halogens is 1. The number of rotatable bonds is 5. The van der Waals surface area contributed by atoms with E-state index < -0.39 is 11.8 Å².